The molecule has 1 aliphatic rings. The number of benzene rings is 1. The van der Waals surface area contributed by atoms with Crippen molar-refractivity contribution in [3.63, 3.8) is 0 Å². The molecule has 3 N–H and O–H groups in total. The lowest BCUT2D eigenvalue weighted by Crippen LogP contribution is -2.41. The molecule has 0 radical (unpaired) electrons. The molecule has 1 aromatic rings. The summed E-state index contributed by atoms with van der Waals surface area (Å²) in [5.41, 5.74) is 5.55. The van der Waals surface area contributed by atoms with Gasteiger partial charge in [-0.3, -0.25) is 4.99 Å². The van der Waals surface area contributed by atoms with Crippen molar-refractivity contribution in [2.24, 2.45) is 10.7 Å². The summed E-state index contributed by atoms with van der Waals surface area (Å²) in [6, 6.07) is 5.51. The summed E-state index contributed by atoms with van der Waals surface area (Å²) in [5.74, 6) is 0.285. The van der Waals surface area contributed by atoms with Gasteiger partial charge in [0.05, 0.1) is 18.7 Å². The van der Waals surface area contributed by atoms with Gasteiger partial charge in [-0.15, -0.1) is 24.0 Å². The zero-order valence-corrected chi connectivity index (χ0v) is 16.0. The fraction of sp³-hybridized carbons (Fsp3) is 0.562. The number of nitrogens with two attached hydrogens (primary N) is 1. The fourth-order valence-electron chi connectivity index (χ4n) is 2.54. The molecule has 1 aliphatic carbocycles. The van der Waals surface area contributed by atoms with E-state index >= 15 is 0 Å². The molecule has 0 heterocycles. The highest BCUT2D eigenvalue weighted by Crippen LogP contribution is 2.49. The highest BCUT2D eigenvalue weighted by atomic mass is 127. The molecule has 1 unspecified atom stereocenters. The minimum absolute atomic E-state index is 0. The van der Waals surface area contributed by atoms with Crippen LogP contribution < -0.4 is 11.1 Å². The monoisotopic (exact) mass is 457 g/mol. The second kappa shape index (κ2) is 8.37. The van der Waals surface area contributed by atoms with Crippen molar-refractivity contribution in [2.45, 2.75) is 37.4 Å². The van der Waals surface area contributed by atoms with Crippen LogP contribution in [0.2, 0.25) is 0 Å². The Kier molecular flexibility index (Phi) is 7.33. The Hall–Kier alpha value is -1.03. The topological polar surface area (TPSA) is 59.6 Å². The van der Waals surface area contributed by atoms with Gasteiger partial charge in [-0.2, -0.15) is 13.2 Å². The van der Waals surface area contributed by atoms with Crippen molar-refractivity contribution in [3.8, 4) is 0 Å². The van der Waals surface area contributed by atoms with Gasteiger partial charge in [-0.25, -0.2) is 0 Å². The maximum Gasteiger partial charge on any atom is 0.416 e. The Labute approximate surface area is 157 Å². The van der Waals surface area contributed by atoms with Crippen LogP contribution in [0.1, 0.15) is 30.9 Å². The van der Waals surface area contributed by atoms with E-state index < -0.39 is 11.7 Å². The van der Waals surface area contributed by atoms with E-state index in [1.165, 1.54) is 12.1 Å². The van der Waals surface area contributed by atoms with E-state index in [1.54, 1.807) is 13.2 Å². The number of rotatable bonds is 6. The minimum Gasteiger partial charge on any atom is -0.383 e. The molecule has 1 saturated carbocycles. The van der Waals surface area contributed by atoms with Crippen LogP contribution in [0.15, 0.2) is 29.3 Å². The molecule has 8 heteroatoms. The summed E-state index contributed by atoms with van der Waals surface area (Å²) in [4.78, 5) is 4.30. The van der Waals surface area contributed by atoms with Gasteiger partial charge in [0.15, 0.2) is 5.96 Å². The van der Waals surface area contributed by atoms with Gasteiger partial charge in [0.2, 0.25) is 0 Å². The van der Waals surface area contributed by atoms with E-state index in [1.807, 2.05) is 6.92 Å². The number of halogens is 4. The average molecular weight is 457 g/mol. The molecule has 1 atom stereocenters. The third-order valence-corrected chi connectivity index (χ3v) is 4.02. The van der Waals surface area contributed by atoms with Crippen molar-refractivity contribution in [2.75, 3.05) is 20.3 Å². The molecule has 0 aromatic heterocycles. The van der Waals surface area contributed by atoms with E-state index in [-0.39, 0.29) is 41.4 Å². The lowest BCUT2D eigenvalue weighted by Gasteiger charge is -2.17. The van der Waals surface area contributed by atoms with Crippen LogP contribution in [-0.2, 0) is 16.3 Å². The van der Waals surface area contributed by atoms with Crippen LogP contribution in [0.3, 0.4) is 0 Å². The zero-order chi connectivity index (χ0) is 17.1. The van der Waals surface area contributed by atoms with E-state index in [0.717, 1.165) is 18.9 Å². The van der Waals surface area contributed by atoms with Gasteiger partial charge in [-0.05, 0) is 31.4 Å². The number of methoxy groups -OCH3 is 1. The highest BCUT2D eigenvalue weighted by molar-refractivity contribution is 14.0. The first-order valence-electron chi connectivity index (χ1n) is 7.50. The number of alkyl halides is 3. The van der Waals surface area contributed by atoms with E-state index in [2.05, 4.69) is 10.3 Å². The summed E-state index contributed by atoms with van der Waals surface area (Å²) in [6.07, 6.45) is -2.69. The summed E-state index contributed by atoms with van der Waals surface area (Å²) in [5, 5.41) is 2.99. The largest absolute Gasteiger partial charge is 0.416 e. The van der Waals surface area contributed by atoms with Crippen molar-refractivity contribution in [1.82, 2.24) is 5.32 Å². The summed E-state index contributed by atoms with van der Waals surface area (Å²) in [6.45, 7) is 2.79. The van der Waals surface area contributed by atoms with E-state index in [9.17, 15) is 13.2 Å². The number of nitrogens with zero attached hydrogens (tertiary/aromatic N) is 1. The Morgan fingerprint density at radius 2 is 2.08 bits per heavy atom. The molecule has 136 valence electrons. The van der Waals surface area contributed by atoms with Crippen LogP contribution >= 0.6 is 24.0 Å². The van der Waals surface area contributed by atoms with Crippen LogP contribution in [0, 0.1) is 0 Å². The third kappa shape index (κ3) is 5.51. The molecule has 0 amide bonds. The predicted molar refractivity (Wildman–Crippen MR) is 98.7 cm³/mol. The highest BCUT2D eigenvalue weighted by Gasteiger charge is 2.45. The molecular weight excluding hydrogens is 434 g/mol. The SMILES string of the molecule is COCC(C)NC(N)=NCC1(c2cccc(C(F)(F)F)c2)CC1.I. The maximum absolute atomic E-state index is 12.8. The lowest BCUT2D eigenvalue weighted by molar-refractivity contribution is -0.137. The molecule has 2 rings (SSSR count). The van der Waals surface area contributed by atoms with Crippen molar-refractivity contribution < 1.29 is 17.9 Å². The number of hydrogen-bond acceptors (Lipinski definition) is 2. The third-order valence-electron chi connectivity index (χ3n) is 4.02. The molecule has 0 aliphatic heterocycles. The van der Waals surface area contributed by atoms with E-state index in [4.69, 9.17) is 10.5 Å². The molecular formula is C16H23F3IN3O. The van der Waals surface area contributed by atoms with Gasteiger partial charge in [-0.1, -0.05) is 18.2 Å². The van der Waals surface area contributed by atoms with Gasteiger partial charge in [0, 0.05) is 18.6 Å². The van der Waals surface area contributed by atoms with E-state index in [0.29, 0.717) is 18.7 Å². The number of nitrogens with one attached hydrogen (secondary N) is 1. The normalized spacial score (nSPS) is 17.8. The van der Waals surface area contributed by atoms with Crippen LogP contribution in [0.5, 0.6) is 0 Å². The van der Waals surface area contributed by atoms with Gasteiger partial charge >= 0.3 is 6.18 Å². The second-order valence-electron chi connectivity index (χ2n) is 6.06. The van der Waals surface area contributed by atoms with Gasteiger partial charge in [0.25, 0.3) is 0 Å². The Morgan fingerprint density at radius 1 is 1.42 bits per heavy atom. The van der Waals surface area contributed by atoms with Gasteiger partial charge in [0.1, 0.15) is 0 Å². The summed E-state index contributed by atoms with van der Waals surface area (Å²) < 4.78 is 43.5. The molecule has 24 heavy (non-hydrogen) atoms. The molecule has 0 spiro atoms. The quantitative estimate of drug-likeness (QED) is 0.392. The average Bonchev–Trinajstić information content (AvgIpc) is 3.26. The smallest absolute Gasteiger partial charge is 0.383 e. The maximum atomic E-state index is 12.8. The lowest BCUT2D eigenvalue weighted by atomic mass is 9.94. The fourth-order valence-corrected chi connectivity index (χ4v) is 2.54. The van der Waals surface area contributed by atoms with Gasteiger partial charge < -0.3 is 15.8 Å². The Bertz CT molecular complexity index is 574. The molecule has 0 bridgehead atoms. The molecule has 1 aromatic carbocycles. The summed E-state index contributed by atoms with van der Waals surface area (Å²) in [7, 11) is 1.60. The number of aliphatic imine (C=N–C) groups is 1. The molecule has 1 fully saturated rings. The predicted octanol–water partition coefficient (Wildman–Crippen LogP) is 3.29. The minimum atomic E-state index is -4.33. The first-order chi connectivity index (χ1) is 10.8. The van der Waals surface area contributed by atoms with Crippen LogP contribution in [0.25, 0.3) is 0 Å². The second-order valence-corrected chi connectivity index (χ2v) is 6.06. The number of ether oxygens (including phenoxy) is 1. The van der Waals surface area contributed by atoms with Crippen molar-refractivity contribution in [3.05, 3.63) is 35.4 Å². The number of hydrogen-bond donors (Lipinski definition) is 2. The van der Waals surface area contributed by atoms with Crippen molar-refractivity contribution >= 4 is 29.9 Å². The Morgan fingerprint density at radius 3 is 2.62 bits per heavy atom. The van der Waals surface area contributed by atoms with Crippen LogP contribution in [-0.4, -0.2) is 32.3 Å². The first-order valence-corrected chi connectivity index (χ1v) is 7.50. The standard InChI is InChI=1S/C16H22F3N3O.HI/c1-11(9-23-2)22-14(20)21-10-15(6-7-15)12-4-3-5-13(8-12)16(17,18)19;/h3-5,8,11H,6-7,9-10H2,1-2H3,(H3,20,21,22);1H. The van der Waals surface area contributed by atoms with Crippen molar-refractivity contribution in [1.29, 1.82) is 0 Å². The summed E-state index contributed by atoms with van der Waals surface area (Å²) >= 11 is 0. The molecule has 0 saturated heterocycles. The zero-order valence-electron chi connectivity index (χ0n) is 13.7. The molecule has 4 nitrogen and oxygen atoms in total. The van der Waals surface area contributed by atoms with Crippen LogP contribution in [0.4, 0.5) is 13.2 Å². The number of guanidine groups is 1. The first kappa shape index (κ1) is 21.0. The Balaban J connectivity index is 0.00000288.